The van der Waals surface area contributed by atoms with Crippen molar-refractivity contribution in [1.82, 2.24) is 0 Å². The van der Waals surface area contributed by atoms with Gasteiger partial charge in [-0.25, -0.2) is 4.79 Å². The Morgan fingerprint density at radius 3 is 2.50 bits per heavy atom. The molecule has 66 valence electrons. The molecule has 0 aliphatic heterocycles. The van der Waals surface area contributed by atoms with E-state index in [1.54, 1.807) is 6.92 Å². The molecule has 0 spiro atoms. The molecule has 0 saturated heterocycles. The van der Waals surface area contributed by atoms with Crippen LogP contribution in [0.15, 0.2) is 0 Å². The fraction of sp³-hybridized carbons (Fsp3) is 0.500. The van der Waals surface area contributed by atoms with E-state index in [1.165, 1.54) is 0 Å². The SMILES string of the molecule is CCOC(=O)C(=[N+]=[N-])C(=O)CCl. The van der Waals surface area contributed by atoms with Crippen molar-refractivity contribution < 1.29 is 19.1 Å². The van der Waals surface area contributed by atoms with E-state index in [2.05, 4.69) is 9.53 Å². The first-order chi connectivity index (χ1) is 5.67. The highest BCUT2D eigenvalue weighted by Gasteiger charge is 2.29. The number of Topliss-reactive ketones (excluding diaryl/α,β-unsaturated/α-hetero) is 1. The molecule has 0 aliphatic rings. The summed E-state index contributed by atoms with van der Waals surface area (Å²) in [6.45, 7) is 1.67. The van der Waals surface area contributed by atoms with Gasteiger partial charge in [-0.05, 0) is 6.92 Å². The predicted molar refractivity (Wildman–Crippen MR) is 41.0 cm³/mol. The zero-order valence-corrected chi connectivity index (χ0v) is 7.17. The van der Waals surface area contributed by atoms with Gasteiger partial charge in [0, 0.05) is 0 Å². The third-order valence-electron chi connectivity index (χ3n) is 0.954. The van der Waals surface area contributed by atoms with Crippen molar-refractivity contribution in [2.75, 3.05) is 12.5 Å². The zero-order chi connectivity index (χ0) is 9.56. The standard InChI is InChI=1S/C6H7ClN2O3/c1-2-12-6(11)5(9-8)4(10)3-7/h2-3H2,1H3. The average molecular weight is 191 g/mol. The molecule has 5 nitrogen and oxygen atoms in total. The summed E-state index contributed by atoms with van der Waals surface area (Å²) in [6, 6.07) is 0. The van der Waals surface area contributed by atoms with Crippen LogP contribution in [0.2, 0.25) is 0 Å². The average Bonchev–Trinajstić information content (AvgIpc) is 2.06. The second kappa shape index (κ2) is 5.46. The third-order valence-corrected chi connectivity index (χ3v) is 1.20. The Balaban J connectivity index is 4.48. The van der Waals surface area contributed by atoms with E-state index in [0.717, 1.165) is 0 Å². The first-order valence-electron chi connectivity index (χ1n) is 3.15. The lowest BCUT2D eigenvalue weighted by Gasteiger charge is -1.93. The molecule has 6 heteroatoms. The lowest BCUT2D eigenvalue weighted by molar-refractivity contribution is -0.141. The Bertz CT molecular complexity index is 245. The Labute approximate surface area is 73.9 Å². The lowest BCUT2D eigenvalue weighted by Crippen LogP contribution is -2.28. The third kappa shape index (κ3) is 2.82. The minimum atomic E-state index is -0.967. The number of ether oxygens (including phenoxy) is 1. The number of carbonyl (C=O) groups is 2. The van der Waals surface area contributed by atoms with E-state index in [1.807, 2.05) is 0 Å². The molecule has 0 heterocycles. The number of hydrogen-bond acceptors (Lipinski definition) is 3. The smallest absolute Gasteiger partial charge is 0.442 e. The van der Waals surface area contributed by atoms with Crippen molar-refractivity contribution in [3.8, 4) is 0 Å². The van der Waals surface area contributed by atoms with Gasteiger partial charge >= 0.3 is 11.7 Å². The van der Waals surface area contributed by atoms with Crippen LogP contribution >= 0.6 is 11.6 Å². The highest BCUT2D eigenvalue weighted by atomic mass is 35.5. The van der Waals surface area contributed by atoms with Crippen LogP contribution in [0.5, 0.6) is 0 Å². The number of hydrogen-bond donors (Lipinski definition) is 0. The molecule has 0 fully saturated rings. The minimum Gasteiger partial charge on any atom is -0.457 e. The first kappa shape index (κ1) is 10.8. The second-order valence-electron chi connectivity index (χ2n) is 1.73. The van der Waals surface area contributed by atoms with Crippen LogP contribution in [0.4, 0.5) is 0 Å². The molecule has 0 radical (unpaired) electrons. The summed E-state index contributed by atoms with van der Waals surface area (Å²) >= 11 is 5.12. The zero-order valence-electron chi connectivity index (χ0n) is 6.41. The molecule has 0 saturated carbocycles. The maximum atomic E-state index is 10.8. The van der Waals surface area contributed by atoms with E-state index in [4.69, 9.17) is 17.1 Å². The van der Waals surface area contributed by atoms with E-state index in [-0.39, 0.29) is 6.61 Å². The Morgan fingerprint density at radius 2 is 2.17 bits per heavy atom. The molecule has 0 amide bonds. The van der Waals surface area contributed by atoms with Crippen LogP contribution in [0.3, 0.4) is 0 Å². The summed E-state index contributed by atoms with van der Waals surface area (Å²) in [7, 11) is 0. The number of rotatable bonds is 4. The molecule has 0 aliphatic carbocycles. The van der Waals surface area contributed by atoms with Crippen molar-refractivity contribution in [2.24, 2.45) is 0 Å². The number of nitrogens with zero attached hydrogens (tertiary/aromatic N) is 2. The summed E-state index contributed by atoms with van der Waals surface area (Å²) in [5, 5.41) is 0. The summed E-state index contributed by atoms with van der Waals surface area (Å²) < 4.78 is 4.41. The van der Waals surface area contributed by atoms with Crippen molar-refractivity contribution in [1.29, 1.82) is 0 Å². The van der Waals surface area contributed by atoms with Crippen LogP contribution in [0.25, 0.3) is 5.53 Å². The van der Waals surface area contributed by atoms with Gasteiger partial charge in [0.1, 0.15) is 0 Å². The van der Waals surface area contributed by atoms with Gasteiger partial charge in [0.15, 0.2) is 0 Å². The van der Waals surface area contributed by atoms with E-state index < -0.39 is 23.3 Å². The van der Waals surface area contributed by atoms with Crippen LogP contribution in [-0.4, -0.2) is 34.7 Å². The molecule has 0 unspecified atom stereocenters. The van der Waals surface area contributed by atoms with Gasteiger partial charge in [-0.3, -0.25) is 4.79 Å². The molecular formula is C6H7ClN2O3. The van der Waals surface area contributed by atoms with Gasteiger partial charge in [-0.2, -0.15) is 4.79 Å². The van der Waals surface area contributed by atoms with Crippen molar-refractivity contribution in [2.45, 2.75) is 6.92 Å². The van der Waals surface area contributed by atoms with Gasteiger partial charge in [0.25, 0.3) is 5.78 Å². The largest absolute Gasteiger partial charge is 0.457 e. The second-order valence-corrected chi connectivity index (χ2v) is 1.99. The summed E-state index contributed by atoms with van der Waals surface area (Å²) in [4.78, 5) is 24.0. The van der Waals surface area contributed by atoms with Gasteiger partial charge < -0.3 is 10.3 Å². The Morgan fingerprint density at radius 1 is 1.58 bits per heavy atom. The van der Waals surface area contributed by atoms with Gasteiger partial charge in [-0.15, -0.1) is 11.6 Å². The summed E-state index contributed by atoms with van der Waals surface area (Å²) in [5.74, 6) is -2.15. The number of ketones is 1. The minimum absolute atomic E-state index is 0.105. The molecule has 0 aromatic rings. The summed E-state index contributed by atoms with van der Waals surface area (Å²) in [5.41, 5.74) is 7.56. The van der Waals surface area contributed by atoms with Gasteiger partial charge in [0.05, 0.1) is 12.5 Å². The van der Waals surface area contributed by atoms with Crippen LogP contribution in [0.1, 0.15) is 6.92 Å². The maximum absolute atomic E-state index is 10.8. The molecule has 0 aromatic carbocycles. The maximum Gasteiger partial charge on any atom is 0.442 e. The normalized spacial score (nSPS) is 8.50. The highest BCUT2D eigenvalue weighted by molar-refractivity contribution is 6.65. The predicted octanol–water partition coefficient (Wildman–Crippen LogP) is 0.0282. The van der Waals surface area contributed by atoms with E-state index in [9.17, 15) is 9.59 Å². The molecule has 0 bridgehead atoms. The monoisotopic (exact) mass is 190 g/mol. The van der Waals surface area contributed by atoms with Crippen LogP contribution < -0.4 is 0 Å². The lowest BCUT2D eigenvalue weighted by atomic mass is 10.3. The summed E-state index contributed by atoms with van der Waals surface area (Å²) in [6.07, 6.45) is 0. The Hall–Kier alpha value is -1.19. The number of carbonyl (C=O) groups excluding carboxylic acids is 2. The quantitative estimate of drug-likeness (QED) is 0.157. The molecule has 0 atom stereocenters. The first-order valence-corrected chi connectivity index (χ1v) is 3.69. The van der Waals surface area contributed by atoms with E-state index in [0.29, 0.717) is 0 Å². The molecular weight excluding hydrogens is 184 g/mol. The van der Waals surface area contributed by atoms with Gasteiger partial charge in [0.2, 0.25) is 0 Å². The fourth-order valence-corrected chi connectivity index (χ4v) is 0.600. The molecule has 0 N–H and O–H groups in total. The van der Waals surface area contributed by atoms with E-state index >= 15 is 0 Å². The number of esters is 1. The van der Waals surface area contributed by atoms with Crippen LogP contribution in [-0.2, 0) is 14.3 Å². The molecule has 12 heavy (non-hydrogen) atoms. The number of halogens is 1. The van der Waals surface area contributed by atoms with Crippen LogP contribution in [0, 0.1) is 0 Å². The van der Waals surface area contributed by atoms with Crippen molar-refractivity contribution in [3.63, 3.8) is 0 Å². The molecule has 0 aromatic heterocycles. The van der Waals surface area contributed by atoms with Gasteiger partial charge in [-0.1, -0.05) is 0 Å². The fourth-order valence-electron chi connectivity index (χ4n) is 0.473. The number of alkyl halides is 1. The topological polar surface area (TPSA) is 79.8 Å². The van der Waals surface area contributed by atoms with Crippen molar-refractivity contribution >= 4 is 29.1 Å². The Kier molecular flexibility index (Phi) is 4.92. The molecule has 0 rings (SSSR count). The van der Waals surface area contributed by atoms with Crippen molar-refractivity contribution in [3.05, 3.63) is 5.53 Å². The highest BCUT2D eigenvalue weighted by Crippen LogP contribution is 1.86.